The highest BCUT2D eigenvalue weighted by Crippen LogP contribution is 2.52. The van der Waals surface area contributed by atoms with E-state index in [0.717, 1.165) is 17.3 Å². The van der Waals surface area contributed by atoms with Crippen LogP contribution in [0.2, 0.25) is 0 Å². The number of thioether (sulfide) groups is 1. The normalized spacial score (nSPS) is 39.7. The van der Waals surface area contributed by atoms with E-state index < -0.39 is 24.6 Å². The molecule has 0 aromatic carbocycles. The van der Waals surface area contributed by atoms with Gasteiger partial charge in [0.1, 0.15) is 8.47 Å². The standard InChI is InChI=1S/C10H14N2O4S3/c1-10-3-6-5-12-7(4-10)2-8(19(11,15)16)17-9(6)18(10,13)14/h2,7,12H,3-5H2,1H3,(H2,11,15,16)/b8-2+. The van der Waals surface area contributed by atoms with E-state index in [0.29, 0.717) is 19.4 Å². The third-order valence-corrected chi connectivity index (χ3v) is 9.56. The number of primary sulfonamides is 1. The lowest BCUT2D eigenvalue weighted by atomic mass is 9.97. The van der Waals surface area contributed by atoms with E-state index in [2.05, 4.69) is 5.32 Å². The molecule has 1 fully saturated rings. The van der Waals surface area contributed by atoms with Gasteiger partial charge in [-0.05, 0) is 31.4 Å². The van der Waals surface area contributed by atoms with E-state index in [1.165, 1.54) is 6.08 Å². The molecule has 0 amide bonds. The molecule has 2 unspecified atom stereocenters. The molecule has 0 spiro atoms. The van der Waals surface area contributed by atoms with Crippen molar-refractivity contribution in [2.24, 2.45) is 5.14 Å². The molecule has 1 saturated heterocycles. The van der Waals surface area contributed by atoms with Crippen LogP contribution in [-0.2, 0) is 19.9 Å². The van der Waals surface area contributed by atoms with E-state index in [4.69, 9.17) is 5.14 Å². The predicted molar refractivity (Wildman–Crippen MR) is 74.2 cm³/mol. The minimum absolute atomic E-state index is 0.0790. The summed E-state index contributed by atoms with van der Waals surface area (Å²) in [6.45, 7) is 2.21. The fourth-order valence-electron chi connectivity index (χ4n) is 2.83. The van der Waals surface area contributed by atoms with Gasteiger partial charge in [-0.25, -0.2) is 22.0 Å². The number of nitrogens with two attached hydrogens (primary N) is 1. The second-order valence-corrected chi connectivity index (χ2v) is 10.8. The molecule has 2 atom stereocenters. The first-order chi connectivity index (χ1) is 8.63. The molecular formula is C10H14N2O4S3. The highest BCUT2D eigenvalue weighted by molar-refractivity contribution is 8.28. The molecule has 0 radical (unpaired) electrons. The van der Waals surface area contributed by atoms with Crippen LogP contribution in [0.3, 0.4) is 0 Å². The lowest BCUT2D eigenvalue weighted by molar-refractivity contribution is 0.489. The van der Waals surface area contributed by atoms with Gasteiger partial charge in [-0.15, -0.1) is 0 Å². The van der Waals surface area contributed by atoms with Crippen molar-refractivity contribution in [2.45, 2.75) is 30.6 Å². The third kappa shape index (κ3) is 1.90. The van der Waals surface area contributed by atoms with Crippen LogP contribution in [0.5, 0.6) is 0 Å². The fraction of sp³-hybridized carbons (Fsp3) is 0.600. The summed E-state index contributed by atoms with van der Waals surface area (Å²) >= 11 is 0.783. The molecular weight excluding hydrogens is 308 g/mol. The summed E-state index contributed by atoms with van der Waals surface area (Å²) in [6, 6.07) is -0.292. The minimum Gasteiger partial charge on any atom is -0.307 e. The molecule has 19 heavy (non-hydrogen) atoms. The SMILES string of the molecule is CC12CC3=C(S/C(S(N)(=O)=O)=C\C(C1)NC3)S2(=O)=O. The third-order valence-electron chi connectivity index (χ3n) is 3.81. The molecule has 9 heteroatoms. The van der Waals surface area contributed by atoms with Crippen molar-refractivity contribution in [2.75, 3.05) is 6.54 Å². The maximum absolute atomic E-state index is 12.6. The van der Waals surface area contributed by atoms with Gasteiger partial charge >= 0.3 is 0 Å². The molecule has 4 heterocycles. The first-order valence-electron chi connectivity index (χ1n) is 5.76. The summed E-state index contributed by atoms with van der Waals surface area (Å²) in [6.07, 6.45) is 2.36. The zero-order valence-electron chi connectivity index (χ0n) is 10.2. The number of sulfone groups is 1. The molecule has 0 aromatic rings. The average molecular weight is 322 g/mol. The monoisotopic (exact) mass is 322 g/mol. The van der Waals surface area contributed by atoms with Crippen molar-refractivity contribution in [1.29, 1.82) is 0 Å². The maximum Gasteiger partial charge on any atom is 0.244 e. The summed E-state index contributed by atoms with van der Waals surface area (Å²) in [5, 5.41) is 8.33. The number of hydrogen-bond acceptors (Lipinski definition) is 6. The van der Waals surface area contributed by atoms with Gasteiger partial charge < -0.3 is 5.32 Å². The second kappa shape index (κ2) is 3.85. The summed E-state index contributed by atoms with van der Waals surface area (Å²) in [7, 11) is -7.37. The highest BCUT2D eigenvalue weighted by atomic mass is 32.3. The summed E-state index contributed by atoms with van der Waals surface area (Å²) < 4.78 is 47.5. The van der Waals surface area contributed by atoms with Crippen molar-refractivity contribution in [3.63, 3.8) is 0 Å². The number of hydrogen-bond donors (Lipinski definition) is 2. The van der Waals surface area contributed by atoms with E-state index in [-0.39, 0.29) is 14.5 Å². The van der Waals surface area contributed by atoms with Crippen LogP contribution in [0.15, 0.2) is 20.1 Å². The van der Waals surface area contributed by atoms with Gasteiger partial charge in [-0.2, -0.15) is 0 Å². The lowest BCUT2D eigenvalue weighted by Gasteiger charge is -2.29. The predicted octanol–water partition coefficient (Wildman–Crippen LogP) is 0.0138. The molecule has 4 rings (SSSR count). The van der Waals surface area contributed by atoms with Gasteiger partial charge in [0.05, 0.1) is 4.75 Å². The van der Waals surface area contributed by atoms with Gasteiger partial charge in [0.15, 0.2) is 9.84 Å². The van der Waals surface area contributed by atoms with Crippen molar-refractivity contribution in [3.05, 3.63) is 20.1 Å². The molecule has 4 aliphatic rings. The Labute approximate surface area is 116 Å². The second-order valence-electron chi connectivity index (χ2n) is 5.35. The van der Waals surface area contributed by atoms with E-state index in [1.807, 2.05) is 0 Å². The Hall–Kier alpha value is -0.350. The zero-order valence-corrected chi connectivity index (χ0v) is 12.7. The number of fused-ring (bicyclic) bond motifs is 2. The van der Waals surface area contributed by atoms with Crippen LogP contribution in [0.1, 0.15) is 19.8 Å². The van der Waals surface area contributed by atoms with Crippen molar-refractivity contribution in [3.8, 4) is 0 Å². The Bertz CT molecular complexity index is 720. The molecule has 6 nitrogen and oxygen atoms in total. The Morgan fingerprint density at radius 3 is 2.84 bits per heavy atom. The van der Waals surface area contributed by atoms with Gasteiger partial charge in [0.2, 0.25) is 10.0 Å². The van der Waals surface area contributed by atoms with Gasteiger partial charge in [-0.3, -0.25) is 0 Å². The average Bonchev–Trinajstić information content (AvgIpc) is 2.34. The van der Waals surface area contributed by atoms with E-state index in [9.17, 15) is 16.8 Å². The van der Waals surface area contributed by atoms with Crippen molar-refractivity contribution >= 4 is 31.6 Å². The Balaban J connectivity index is 2.25. The molecule has 4 aliphatic heterocycles. The first kappa shape index (κ1) is 13.6. The van der Waals surface area contributed by atoms with Crippen molar-refractivity contribution < 1.29 is 16.8 Å². The molecule has 0 aromatic heterocycles. The highest BCUT2D eigenvalue weighted by Gasteiger charge is 2.53. The van der Waals surface area contributed by atoms with E-state index in [1.54, 1.807) is 6.92 Å². The number of rotatable bonds is 1. The summed E-state index contributed by atoms with van der Waals surface area (Å²) in [5.41, 5.74) is 0.768. The topological polar surface area (TPSA) is 106 Å². The number of sulfonamides is 1. The van der Waals surface area contributed by atoms with Gasteiger partial charge in [0.25, 0.3) is 0 Å². The Morgan fingerprint density at radius 2 is 2.21 bits per heavy atom. The van der Waals surface area contributed by atoms with Crippen molar-refractivity contribution in [1.82, 2.24) is 5.32 Å². The van der Waals surface area contributed by atoms with Crippen LogP contribution >= 0.6 is 11.8 Å². The summed E-state index contributed by atoms with van der Waals surface area (Å²) in [5.74, 6) is 0. The summed E-state index contributed by atoms with van der Waals surface area (Å²) in [4.78, 5) is 0. The van der Waals surface area contributed by atoms with Crippen LogP contribution in [-0.4, -0.2) is 34.2 Å². The smallest absolute Gasteiger partial charge is 0.244 e. The van der Waals surface area contributed by atoms with Crippen LogP contribution in [0.25, 0.3) is 0 Å². The lowest BCUT2D eigenvalue weighted by Crippen LogP contribution is -2.40. The number of nitrogens with one attached hydrogen (secondary N) is 1. The Kier molecular flexibility index (Phi) is 2.76. The molecule has 0 aliphatic carbocycles. The van der Waals surface area contributed by atoms with Gasteiger partial charge in [0, 0.05) is 12.6 Å². The molecule has 4 bridgehead atoms. The van der Waals surface area contributed by atoms with Crippen LogP contribution in [0.4, 0.5) is 0 Å². The first-order valence-corrected chi connectivity index (χ1v) is 9.61. The maximum atomic E-state index is 12.6. The zero-order chi connectivity index (χ0) is 14.1. The molecule has 106 valence electrons. The van der Waals surface area contributed by atoms with Gasteiger partial charge in [-0.1, -0.05) is 11.8 Å². The quantitative estimate of drug-likeness (QED) is 0.704. The minimum atomic E-state index is -3.90. The molecule has 3 N–H and O–H groups in total. The molecule has 0 saturated carbocycles. The fourth-order valence-corrected chi connectivity index (χ4v) is 7.81. The van der Waals surface area contributed by atoms with Crippen LogP contribution in [0, 0.1) is 0 Å². The van der Waals surface area contributed by atoms with E-state index >= 15 is 0 Å². The van der Waals surface area contributed by atoms with Crippen LogP contribution < -0.4 is 10.5 Å². The largest absolute Gasteiger partial charge is 0.307 e. The Morgan fingerprint density at radius 1 is 1.53 bits per heavy atom.